The van der Waals surface area contributed by atoms with Crippen LogP contribution < -0.4 is 10.5 Å². The van der Waals surface area contributed by atoms with Gasteiger partial charge in [0.05, 0.1) is 6.61 Å². The molecule has 1 aromatic rings. The summed E-state index contributed by atoms with van der Waals surface area (Å²) in [5.74, 6) is 0.896. The molecule has 1 rings (SSSR count). The molecule has 0 radical (unpaired) electrons. The van der Waals surface area contributed by atoms with Crippen LogP contribution in [-0.4, -0.2) is 20.3 Å². The Morgan fingerprint density at radius 2 is 1.71 bits per heavy atom. The van der Waals surface area contributed by atoms with Crippen molar-refractivity contribution in [1.82, 2.24) is 0 Å². The van der Waals surface area contributed by atoms with Gasteiger partial charge in [-0.1, -0.05) is 63.6 Å². The van der Waals surface area contributed by atoms with Gasteiger partial charge < -0.3 is 15.2 Å². The molecule has 2 N–H and O–H groups in total. The van der Waals surface area contributed by atoms with Crippen LogP contribution in [0.5, 0.6) is 5.75 Å². The highest BCUT2D eigenvalue weighted by atomic mass is 16.5. The molecule has 0 spiro atoms. The van der Waals surface area contributed by atoms with Crippen molar-refractivity contribution in [1.29, 1.82) is 0 Å². The van der Waals surface area contributed by atoms with Crippen LogP contribution in [0.25, 0.3) is 0 Å². The van der Waals surface area contributed by atoms with Crippen LogP contribution in [0.15, 0.2) is 24.3 Å². The third-order valence-electron chi connectivity index (χ3n) is 3.73. The van der Waals surface area contributed by atoms with E-state index in [2.05, 4.69) is 13.0 Å². The number of rotatable bonds is 12. The minimum absolute atomic E-state index is 0.0647. The Morgan fingerprint density at radius 3 is 2.48 bits per heavy atom. The van der Waals surface area contributed by atoms with E-state index in [4.69, 9.17) is 15.2 Å². The second kappa shape index (κ2) is 11.6. The predicted molar refractivity (Wildman–Crippen MR) is 88.7 cm³/mol. The molecule has 0 aliphatic rings. The molecule has 0 aliphatic carbocycles. The van der Waals surface area contributed by atoms with Gasteiger partial charge in [0.15, 0.2) is 0 Å². The lowest BCUT2D eigenvalue weighted by Gasteiger charge is -2.17. The summed E-state index contributed by atoms with van der Waals surface area (Å²) < 4.78 is 10.8. The van der Waals surface area contributed by atoms with Crippen LogP contribution >= 0.6 is 0 Å². The zero-order valence-electron chi connectivity index (χ0n) is 13.6. The summed E-state index contributed by atoms with van der Waals surface area (Å²) in [4.78, 5) is 0. The van der Waals surface area contributed by atoms with Gasteiger partial charge in [0.1, 0.15) is 12.4 Å². The molecule has 0 heterocycles. The molecule has 1 unspecified atom stereocenters. The summed E-state index contributed by atoms with van der Waals surface area (Å²) in [6.45, 7) is 3.41. The van der Waals surface area contributed by atoms with E-state index in [9.17, 15) is 0 Å². The first-order chi connectivity index (χ1) is 10.3. The highest BCUT2D eigenvalue weighted by Gasteiger charge is 2.11. The van der Waals surface area contributed by atoms with Crippen LogP contribution in [0.2, 0.25) is 0 Å². The van der Waals surface area contributed by atoms with E-state index in [0.717, 1.165) is 17.7 Å². The maximum atomic E-state index is 6.33. The molecule has 21 heavy (non-hydrogen) atoms. The van der Waals surface area contributed by atoms with Gasteiger partial charge in [-0.2, -0.15) is 0 Å². The Labute approximate surface area is 129 Å². The molecule has 1 atom stereocenters. The maximum absolute atomic E-state index is 6.33. The normalized spacial score (nSPS) is 12.3. The highest BCUT2D eigenvalue weighted by molar-refractivity contribution is 5.35. The number of ether oxygens (including phenoxy) is 2. The third-order valence-corrected chi connectivity index (χ3v) is 3.73. The van der Waals surface area contributed by atoms with E-state index < -0.39 is 0 Å². The summed E-state index contributed by atoms with van der Waals surface area (Å²) in [5.41, 5.74) is 7.44. The summed E-state index contributed by atoms with van der Waals surface area (Å²) in [7, 11) is 1.68. The van der Waals surface area contributed by atoms with Crippen molar-refractivity contribution in [3.63, 3.8) is 0 Å². The zero-order chi connectivity index (χ0) is 15.3. The molecule has 0 saturated carbocycles. The topological polar surface area (TPSA) is 44.5 Å². The average Bonchev–Trinajstić information content (AvgIpc) is 2.51. The molecule has 0 fully saturated rings. The fourth-order valence-corrected chi connectivity index (χ4v) is 2.45. The molecule has 0 aliphatic heterocycles. The van der Waals surface area contributed by atoms with Crippen LogP contribution in [-0.2, 0) is 4.74 Å². The van der Waals surface area contributed by atoms with Gasteiger partial charge in [-0.25, -0.2) is 0 Å². The van der Waals surface area contributed by atoms with Crippen LogP contribution in [0, 0.1) is 0 Å². The molecule has 120 valence electrons. The minimum Gasteiger partial charge on any atom is -0.491 e. The quantitative estimate of drug-likeness (QED) is 0.579. The lowest BCUT2D eigenvalue weighted by atomic mass is 9.99. The summed E-state index contributed by atoms with van der Waals surface area (Å²) in [6.07, 6.45) is 8.82. The monoisotopic (exact) mass is 293 g/mol. The molecule has 3 nitrogen and oxygen atoms in total. The third kappa shape index (κ3) is 7.49. The number of para-hydroxylation sites is 1. The first-order valence-electron chi connectivity index (χ1n) is 8.25. The summed E-state index contributed by atoms with van der Waals surface area (Å²) in [6, 6.07) is 8.15. The van der Waals surface area contributed by atoms with Crippen molar-refractivity contribution >= 4 is 0 Å². The summed E-state index contributed by atoms with van der Waals surface area (Å²) in [5, 5.41) is 0. The average molecular weight is 293 g/mol. The van der Waals surface area contributed by atoms with E-state index in [1.54, 1.807) is 7.11 Å². The molecular weight excluding hydrogens is 262 g/mol. The van der Waals surface area contributed by atoms with E-state index in [-0.39, 0.29) is 6.04 Å². The number of nitrogens with two attached hydrogens (primary N) is 1. The van der Waals surface area contributed by atoms with Crippen LogP contribution in [0.3, 0.4) is 0 Å². The molecule has 0 bridgehead atoms. The van der Waals surface area contributed by atoms with Gasteiger partial charge in [-0.05, 0) is 12.5 Å². The van der Waals surface area contributed by atoms with Gasteiger partial charge in [0.2, 0.25) is 0 Å². The van der Waals surface area contributed by atoms with Crippen molar-refractivity contribution < 1.29 is 9.47 Å². The van der Waals surface area contributed by atoms with Gasteiger partial charge >= 0.3 is 0 Å². The predicted octanol–water partition coefficient (Wildman–Crippen LogP) is 4.46. The van der Waals surface area contributed by atoms with Crippen molar-refractivity contribution in [3.05, 3.63) is 29.8 Å². The number of methoxy groups -OCH3 is 1. The molecule has 0 amide bonds. The number of hydrogen-bond donors (Lipinski definition) is 1. The zero-order valence-corrected chi connectivity index (χ0v) is 13.6. The van der Waals surface area contributed by atoms with Gasteiger partial charge in [0.25, 0.3) is 0 Å². The Bertz CT molecular complexity index is 368. The van der Waals surface area contributed by atoms with Crippen LogP contribution in [0.1, 0.15) is 63.5 Å². The van der Waals surface area contributed by atoms with Crippen molar-refractivity contribution in [2.45, 2.75) is 57.9 Å². The SMILES string of the molecule is CCCCCCCCC(N)c1ccccc1OCCOC. The lowest BCUT2D eigenvalue weighted by Crippen LogP contribution is -2.13. The molecular formula is C18H31NO2. The highest BCUT2D eigenvalue weighted by Crippen LogP contribution is 2.27. The Morgan fingerprint density at radius 1 is 1.00 bits per heavy atom. The number of benzene rings is 1. The largest absolute Gasteiger partial charge is 0.491 e. The lowest BCUT2D eigenvalue weighted by molar-refractivity contribution is 0.145. The summed E-state index contributed by atoms with van der Waals surface area (Å²) >= 11 is 0. The number of hydrogen-bond acceptors (Lipinski definition) is 3. The standard InChI is InChI=1S/C18H31NO2/c1-3-4-5-6-7-8-12-17(19)16-11-9-10-13-18(16)21-15-14-20-2/h9-11,13,17H,3-8,12,14-15,19H2,1-2H3. The fourth-order valence-electron chi connectivity index (χ4n) is 2.45. The van der Waals surface area contributed by atoms with E-state index in [0.29, 0.717) is 13.2 Å². The first kappa shape index (κ1) is 18.0. The van der Waals surface area contributed by atoms with Crippen molar-refractivity contribution in [2.24, 2.45) is 5.73 Å². The second-order valence-electron chi connectivity index (χ2n) is 5.54. The Kier molecular flexibility index (Phi) is 9.92. The van der Waals surface area contributed by atoms with E-state index in [1.807, 2.05) is 18.2 Å². The van der Waals surface area contributed by atoms with Gasteiger partial charge in [-0.3, -0.25) is 0 Å². The second-order valence-corrected chi connectivity index (χ2v) is 5.54. The molecule has 0 aromatic heterocycles. The minimum atomic E-state index is 0.0647. The Hall–Kier alpha value is -1.06. The van der Waals surface area contributed by atoms with Gasteiger partial charge in [0, 0.05) is 18.7 Å². The van der Waals surface area contributed by atoms with Crippen molar-refractivity contribution in [3.8, 4) is 5.75 Å². The Balaban J connectivity index is 2.36. The van der Waals surface area contributed by atoms with Crippen LogP contribution in [0.4, 0.5) is 0 Å². The van der Waals surface area contributed by atoms with E-state index in [1.165, 1.54) is 38.5 Å². The maximum Gasteiger partial charge on any atom is 0.124 e. The van der Waals surface area contributed by atoms with E-state index >= 15 is 0 Å². The molecule has 1 aromatic carbocycles. The molecule has 3 heteroatoms. The van der Waals surface area contributed by atoms with Gasteiger partial charge in [-0.15, -0.1) is 0 Å². The number of unbranched alkanes of at least 4 members (excludes halogenated alkanes) is 5. The fraction of sp³-hybridized carbons (Fsp3) is 0.667. The molecule has 0 saturated heterocycles. The smallest absolute Gasteiger partial charge is 0.124 e. The first-order valence-corrected chi connectivity index (χ1v) is 8.25. The van der Waals surface area contributed by atoms with Crippen molar-refractivity contribution in [2.75, 3.05) is 20.3 Å².